The van der Waals surface area contributed by atoms with Crippen molar-refractivity contribution in [2.75, 3.05) is 5.32 Å². The van der Waals surface area contributed by atoms with E-state index in [0.717, 1.165) is 18.6 Å². The number of amides is 1. The van der Waals surface area contributed by atoms with E-state index in [-0.39, 0.29) is 10.7 Å². The van der Waals surface area contributed by atoms with Crippen LogP contribution in [0.2, 0.25) is 5.15 Å². The first kappa shape index (κ1) is 15.4. The number of benzene rings is 1. The Balaban J connectivity index is 2.28. The minimum absolute atomic E-state index is 0.167. The van der Waals surface area contributed by atoms with Crippen molar-refractivity contribution in [2.45, 2.75) is 19.8 Å². The van der Waals surface area contributed by atoms with E-state index in [9.17, 15) is 13.6 Å². The topological polar surface area (TPSA) is 42.0 Å². The van der Waals surface area contributed by atoms with Gasteiger partial charge in [0, 0.05) is 11.3 Å². The van der Waals surface area contributed by atoms with Gasteiger partial charge in [0.15, 0.2) is 0 Å². The number of nitrogens with zero attached hydrogens (tertiary/aromatic N) is 1. The van der Waals surface area contributed by atoms with Gasteiger partial charge in [0.2, 0.25) is 0 Å². The molecule has 0 radical (unpaired) electrons. The normalized spacial score (nSPS) is 10.5. The van der Waals surface area contributed by atoms with Crippen LogP contribution < -0.4 is 5.32 Å². The summed E-state index contributed by atoms with van der Waals surface area (Å²) in [5.41, 5.74) is 0.387. The number of halogens is 3. The summed E-state index contributed by atoms with van der Waals surface area (Å²) < 4.78 is 27.0. The summed E-state index contributed by atoms with van der Waals surface area (Å²) in [5, 5.41) is 2.38. The molecule has 0 spiro atoms. The van der Waals surface area contributed by atoms with Crippen LogP contribution >= 0.6 is 11.6 Å². The van der Waals surface area contributed by atoms with Crippen molar-refractivity contribution in [1.82, 2.24) is 4.98 Å². The third kappa shape index (κ3) is 3.76. The van der Waals surface area contributed by atoms with Gasteiger partial charge < -0.3 is 5.32 Å². The molecule has 110 valence electrons. The smallest absolute Gasteiger partial charge is 0.255 e. The lowest BCUT2D eigenvalue weighted by Crippen LogP contribution is -2.15. The maximum absolute atomic E-state index is 13.5. The number of aromatic nitrogens is 1. The Labute approximate surface area is 126 Å². The zero-order valence-electron chi connectivity index (χ0n) is 11.3. The molecule has 0 aliphatic heterocycles. The number of aryl methyl sites for hydroxylation is 1. The third-order valence-corrected chi connectivity index (χ3v) is 3.01. The van der Waals surface area contributed by atoms with Gasteiger partial charge in [-0.05, 0) is 30.7 Å². The molecule has 0 fully saturated rings. The van der Waals surface area contributed by atoms with E-state index in [1.807, 2.05) is 6.92 Å². The fourth-order valence-electron chi connectivity index (χ4n) is 1.87. The molecule has 1 N–H and O–H groups in total. The summed E-state index contributed by atoms with van der Waals surface area (Å²) in [6.07, 6.45) is 1.51. The van der Waals surface area contributed by atoms with Crippen molar-refractivity contribution < 1.29 is 13.6 Å². The highest BCUT2D eigenvalue weighted by Crippen LogP contribution is 2.20. The minimum Gasteiger partial charge on any atom is -0.317 e. The molecular weight excluding hydrogens is 298 g/mol. The van der Waals surface area contributed by atoms with E-state index in [2.05, 4.69) is 10.3 Å². The average molecular weight is 311 g/mol. The first-order chi connectivity index (χ1) is 10.0. The Kier molecular flexibility index (Phi) is 4.85. The van der Waals surface area contributed by atoms with Crippen LogP contribution in [0, 0.1) is 11.6 Å². The van der Waals surface area contributed by atoms with Gasteiger partial charge >= 0.3 is 0 Å². The first-order valence-corrected chi connectivity index (χ1v) is 6.81. The lowest BCUT2D eigenvalue weighted by Gasteiger charge is -2.09. The monoisotopic (exact) mass is 310 g/mol. The Hall–Kier alpha value is -2.01. The van der Waals surface area contributed by atoms with Crippen molar-refractivity contribution in [3.63, 3.8) is 0 Å². The summed E-state index contributed by atoms with van der Waals surface area (Å²) in [4.78, 5) is 16.2. The van der Waals surface area contributed by atoms with E-state index in [0.29, 0.717) is 12.1 Å². The van der Waals surface area contributed by atoms with Gasteiger partial charge in [0.25, 0.3) is 5.91 Å². The molecular formula is C15H13ClF2N2O. The van der Waals surface area contributed by atoms with Crippen LogP contribution in [0.15, 0.2) is 30.3 Å². The molecule has 0 bridgehead atoms. The summed E-state index contributed by atoms with van der Waals surface area (Å²) in [6, 6.07) is 6.28. The van der Waals surface area contributed by atoms with Crippen molar-refractivity contribution >= 4 is 23.2 Å². The maximum atomic E-state index is 13.5. The van der Waals surface area contributed by atoms with Crippen LogP contribution in [0.3, 0.4) is 0 Å². The van der Waals surface area contributed by atoms with Crippen molar-refractivity contribution in [2.24, 2.45) is 0 Å². The summed E-state index contributed by atoms with van der Waals surface area (Å²) >= 11 is 5.86. The van der Waals surface area contributed by atoms with Crippen molar-refractivity contribution in [1.29, 1.82) is 0 Å². The molecule has 0 aliphatic carbocycles. The fraction of sp³-hybridized carbons (Fsp3) is 0.200. The number of anilines is 1. The van der Waals surface area contributed by atoms with Gasteiger partial charge in [-0.3, -0.25) is 4.79 Å². The third-order valence-electron chi connectivity index (χ3n) is 2.82. The zero-order valence-corrected chi connectivity index (χ0v) is 12.0. The van der Waals surface area contributed by atoms with E-state index in [1.54, 1.807) is 6.07 Å². The van der Waals surface area contributed by atoms with Gasteiger partial charge in [-0.1, -0.05) is 31.0 Å². The molecule has 0 unspecified atom stereocenters. The zero-order chi connectivity index (χ0) is 15.4. The molecule has 0 atom stereocenters. The molecule has 1 heterocycles. The molecule has 2 aromatic rings. The largest absolute Gasteiger partial charge is 0.317 e. The maximum Gasteiger partial charge on any atom is 0.255 e. The Bertz CT molecular complexity index is 656. The minimum atomic E-state index is -0.836. The van der Waals surface area contributed by atoms with Gasteiger partial charge in [-0.2, -0.15) is 0 Å². The van der Waals surface area contributed by atoms with E-state index in [1.165, 1.54) is 12.1 Å². The number of para-hydroxylation sites is 1. The molecule has 3 nitrogen and oxygen atoms in total. The summed E-state index contributed by atoms with van der Waals surface area (Å²) in [7, 11) is 0. The highest BCUT2D eigenvalue weighted by Gasteiger charge is 2.14. The predicted molar refractivity (Wildman–Crippen MR) is 77.6 cm³/mol. The second-order valence-corrected chi connectivity index (χ2v) is 4.86. The van der Waals surface area contributed by atoms with Gasteiger partial charge in [-0.25, -0.2) is 13.8 Å². The van der Waals surface area contributed by atoms with E-state index < -0.39 is 23.2 Å². The summed E-state index contributed by atoms with van der Waals surface area (Å²) in [6.45, 7) is 1.97. The molecule has 1 amide bonds. The second kappa shape index (κ2) is 6.63. The van der Waals surface area contributed by atoms with Gasteiger partial charge in [-0.15, -0.1) is 0 Å². The van der Waals surface area contributed by atoms with Crippen LogP contribution in [0.1, 0.15) is 29.4 Å². The molecule has 0 aliphatic rings. The first-order valence-electron chi connectivity index (χ1n) is 6.43. The van der Waals surface area contributed by atoms with Crippen LogP contribution in [0.25, 0.3) is 0 Å². The average Bonchev–Trinajstić information content (AvgIpc) is 2.42. The molecule has 1 aromatic carbocycles. The number of rotatable bonds is 4. The number of carbonyl (C=O) groups is 1. The van der Waals surface area contributed by atoms with Crippen LogP contribution in [0.5, 0.6) is 0 Å². The number of nitrogens with one attached hydrogen (secondary N) is 1. The molecule has 0 saturated carbocycles. The van der Waals surface area contributed by atoms with E-state index in [4.69, 9.17) is 11.6 Å². The number of hydrogen-bond acceptors (Lipinski definition) is 2. The Morgan fingerprint density at radius 2 is 1.95 bits per heavy atom. The molecule has 1 aromatic heterocycles. The molecule has 21 heavy (non-hydrogen) atoms. The van der Waals surface area contributed by atoms with Crippen LogP contribution in [-0.4, -0.2) is 10.9 Å². The second-order valence-electron chi connectivity index (χ2n) is 4.47. The number of carbonyl (C=O) groups excluding carboxylic acids is 1. The number of hydrogen-bond donors (Lipinski definition) is 1. The van der Waals surface area contributed by atoms with Gasteiger partial charge in [0.05, 0.1) is 0 Å². The number of pyridine rings is 1. The fourth-order valence-corrected chi connectivity index (χ4v) is 2.10. The standard InChI is InChI=1S/C15H13ClF2N2O/c1-2-4-10-7-9(8-13(16)19-10)15(21)20-14-11(17)5-3-6-12(14)18/h3,5-8H,2,4H2,1H3,(H,20,21). The van der Waals surface area contributed by atoms with Crippen LogP contribution in [0.4, 0.5) is 14.5 Å². The Morgan fingerprint density at radius 1 is 1.29 bits per heavy atom. The SMILES string of the molecule is CCCc1cc(C(=O)Nc2c(F)cccc2F)cc(Cl)n1. The highest BCUT2D eigenvalue weighted by atomic mass is 35.5. The lowest BCUT2D eigenvalue weighted by molar-refractivity contribution is 0.102. The quantitative estimate of drug-likeness (QED) is 0.859. The van der Waals surface area contributed by atoms with Crippen molar-refractivity contribution in [3.05, 3.63) is 58.4 Å². The molecule has 2 rings (SSSR count). The lowest BCUT2D eigenvalue weighted by atomic mass is 10.1. The molecule has 6 heteroatoms. The van der Waals surface area contributed by atoms with E-state index >= 15 is 0 Å². The highest BCUT2D eigenvalue weighted by molar-refractivity contribution is 6.29. The van der Waals surface area contributed by atoms with Crippen LogP contribution in [-0.2, 0) is 6.42 Å². The Morgan fingerprint density at radius 3 is 2.57 bits per heavy atom. The van der Waals surface area contributed by atoms with Gasteiger partial charge in [0.1, 0.15) is 22.5 Å². The molecule has 0 saturated heterocycles. The summed E-state index contributed by atoms with van der Waals surface area (Å²) in [5.74, 6) is -2.31. The predicted octanol–water partition coefficient (Wildman–Crippen LogP) is 4.22. The van der Waals surface area contributed by atoms with Crippen molar-refractivity contribution in [3.8, 4) is 0 Å².